The Balaban J connectivity index is 2.07. The van der Waals surface area contributed by atoms with E-state index in [0.717, 1.165) is 12.8 Å². The van der Waals surface area contributed by atoms with Crippen LogP contribution in [0.15, 0.2) is 54.6 Å². The fourth-order valence-corrected chi connectivity index (χ4v) is 2.80. The second kappa shape index (κ2) is 4.34. The molecule has 17 heavy (non-hydrogen) atoms. The smallest absolute Gasteiger partial charge is 0.0589 e. The summed E-state index contributed by atoms with van der Waals surface area (Å²) in [6.45, 7) is 0. The minimum Gasteiger partial charge on any atom is -0.393 e. The summed E-state index contributed by atoms with van der Waals surface area (Å²) in [4.78, 5) is 0. The first-order chi connectivity index (χ1) is 8.34. The number of rotatable bonds is 1. The van der Waals surface area contributed by atoms with E-state index < -0.39 is 0 Å². The molecule has 86 valence electrons. The average molecular weight is 224 g/mol. The largest absolute Gasteiger partial charge is 0.393 e. The van der Waals surface area contributed by atoms with Crippen molar-refractivity contribution in [3.8, 4) is 0 Å². The predicted octanol–water partition coefficient (Wildman–Crippen LogP) is 3.13. The van der Waals surface area contributed by atoms with Crippen molar-refractivity contribution in [1.29, 1.82) is 0 Å². The molecule has 0 unspecified atom stereocenters. The summed E-state index contributed by atoms with van der Waals surface area (Å²) >= 11 is 0. The predicted molar refractivity (Wildman–Crippen MR) is 69.1 cm³/mol. The number of benzene rings is 2. The van der Waals surface area contributed by atoms with Crippen LogP contribution >= 0.6 is 0 Å². The summed E-state index contributed by atoms with van der Waals surface area (Å²) in [6, 6.07) is 18.9. The van der Waals surface area contributed by atoms with Gasteiger partial charge in [-0.15, -0.1) is 0 Å². The van der Waals surface area contributed by atoms with Gasteiger partial charge in [-0.2, -0.15) is 0 Å². The normalized spacial score (nSPS) is 23.1. The van der Waals surface area contributed by atoms with Gasteiger partial charge in [0, 0.05) is 5.92 Å². The van der Waals surface area contributed by atoms with Crippen LogP contribution in [0.2, 0.25) is 0 Å². The lowest BCUT2D eigenvalue weighted by Crippen LogP contribution is -2.23. The number of aliphatic hydroxyl groups is 1. The topological polar surface area (TPSA) is 20.2 Å². The molecule has 0 aromatic heterocycles. The van der Waals surface area contributed by atoms with Crippen molar-refractivity contribution in [2.24, 2.45) is 0 Å². The van der Waals surface area contributed by atoms with Crippen LogP contribution in [0, 0.1) is 0 Å². The molecular weight excluding hydrogens is 208 g/mol. The molecule has 0 saturated heterocycles. The first-order valence-electron chi connectivity index (χ1n) is 6.15. The molecule has 2 aromatic carbocycles. The van der Waals surface area contributed by atoms with Crippen LogP contribution in [0.4, 0.5) is 0 Å². The highest BCUT2D eigenvalue weighted by Gasteiger charge is 2.26. The molecule has 0 amide bonds. The third kappa shape index (κ3) is 1.98. The molecule has 1 aliphatic rings. The van der Waals surface area contributed by atoms with Crippen molar-refractivity contribution in [2.45, 2.75) is 24.9 Å². The van der Waals surface area contributed by atoms with Crippen molar-refractivity contribution in [3.63, 3.8) is 0 Å². The Hall–Kier alpha value is -1.60. The van der Waals surface area contributed by atoms with Gasteiger partial charge in [0.15, 0.2) is 0 Å². The van der Waals surface area contributed by atoms with Gasteiger partial charge in [-0.1, -0.05) is 54.6 Å². The number of aliphatic hydroxyl groups excluding tert-OH is 1. The van der Waals surface area contributed by atoms with Crippen LogP contribution in [0.1, 0.15) is 29.0 Å². The molecule has 0 fully saturated rings. The zero-order valence-electron chi connectivity index (χ0n) is 9.71. The Morgan fingerprint density at radius 3 is 2.41 bits per heavy atom. The first kappa shape index (κ1) is 10.5. The minimum atomic E-state index is -0.213. The summed E-state index contributed by atoms with van der Waals surface area (Å²) in [5.41, 5.74) is 3.97. The van der Waals surface area contributed by atoms with Crippen molar-refractivity contribution in [1.82, 2.24) is 0 Å². The first-order valence-corrected chi connectivity index (χ1v) is 6.15. The van der Waals surface area contributed by atoms with Gasteiger partial charge in [0.2, 0.25) is 0 Å². The van der Waals surface area contributed by atoms with Gasteiger partial charge in [-0.3, -0.25) is 0 Å². The molecule has 1 heteroatoms. The van der Waals surface area contributed by atoms with Crippen molar-refractivity contribution in [2.75, 3.05) is 0 Å². The summed E-state index contributed by atoms with van der Waals surface area (Å²) in [5, 5.41) is 9.99. The molecule has 0 radical (unpaired) electrons. The summed E-state index contributed by atoms with van der Waals surface area (Å²) < 4.78 is 0. The maximum Gasteiger partial charge on any atom is 0.0589 e. The minimum absolute atomic E-state index is 0.213. The van der Waals surface area contributed by atoms with Gasteiger partial charge >= 0.3 is 0 Å². The summed E-state index contributed by atoms with van der Waals surface area (Å²) in [5.74, 6) is 0.344. The van der Waals surface area contributed by atoms with E-state index >= 15 is 0 Å². The Bertz CT molecular complexity index is 504. The average Bonchev–Trinajstić information content (AvgIpc) is 2.39. The molecule has 2 atom stereocenters. The van der Waals surface area contributed by atoms with E-state index in [1.54, 1.807) is 0 Å². The van der Waals surface area contributed by atoms with Crippen LogP contribution in [0.3, 0.4) is 0 Å². The van der Waals surface area contributed by atoms with Crippen molar-refractivity contribution >= 4 is 0 Å². The standard InChI is InChI=1S/C16H16O/c17-14-10-13-8-4-5-9-15(13)16(11-14)12-6-2-1-3-7-12/h1-9,14,16-17H,10-11H2/t14-,16-/m1/s1. The fraction of sp³-hybridized carbons (Fsp3) is 0.250. The van der Waals surface area contributed by atoms with E-state index in [0.29, 0.717) is 5.92 Å². The number of hydrogen-bond acceptors (Lipinski definition) is 1. The molecule has 0 spiro atoms. The number of hydrogen-bond donors (Lipinski definition) is 1. The highest BCUT2D eigenvalue weighted by molar-refractivity contribution is 5.40. The van der Waals surface area contributed by atoms with Crippen LogP contribution < -0.4 is 0 Å². The molecule has 0 heterocycles. The van der Waals surface area contributed by atoms with Crippen LogP contribution in [-0.4, -0.2) is 11.2 Å². The van der Waals surface area contributed by atoms with E-state index in [4.69, 9.17) is 0 Å². The lowest BCUT2D eigenvalue weighted by Gasteiger charge is -2.29. The highest BCUT2D eigenvalue weighted by atomic mass is 16.3. The maximum atomic E-state index is 9.99. The molecule has 1 nitrogen and oxygen atoms in total. The Morgan fingerprint density at radius 1 is 0.882 bits per heavy atom. The SMILES string of the molecule is O[C@@H]1Cc2ccccc2[C@@H](c2ccccc2)C1. The van der Waals surface area contributed by atoms with Gasteiger partial charge < -0.3 is 5.11 Å². The van der Waals surface area contributed by atoms with Crippen LogP contribution in [-0.2, 0) is 6.42 Å². The monoisotopic (exact) mass is 224 g/mol. The summed E-state index contributed by atoms with van der Waals surface area (Å²) in [7, 11) is 0. The van der Waals surface area contributed by atoms with E-state index in [9.17, 15) is 5.11 Å². The number of fused-ring (bicyclic) bond motifs is 1. The molecule has 0 saturated carbocycles. The van der Waals surface area contributed by atoms with Gasteiger partial charge in [-0.05, 0) is 29.5 Å². The lowest BCUT2D eigenvalue weighted by atomic mass is 9.78. The zero-order chi connectivity index (χ0) is 11.7. The lowest BCUT2D eigenvalue weighted by molar-refractivity contribution is 0.152. The van der Waals surface area contributed by atoms with Crippen molar-refractivity contribution < 1.29 is 5.11 Å². The van der Waals surface area contributed by atoms with Gasteiger partial charge in [0.05, 0.1) is 6.10 Å². The molecule has 2 aromatic rings. The van der Waals surface area contributed by atoms with E-state index in [1.165, 1.54) is 16.7 Å². The quantitative estimate of drug-likeness (QED) is 0.789. The van der Waals surface area contributed by atoms with Gasteiger partial charge in [0.25, 0.3) is 0 Å². The zero-order valence-corrected chi connectivity index (χ0v) is 9.71. The Morgan fingerprint density at radius 2 is 1.59 bits per heavy atom. The third-order valence-electron chi connectivity index (χ3n) is 3.60. The molecule has 3 rings (SSSR count). The van der Waals surface area contributed by atoms with E-state index in [1.807, 2.05) is 6.07 Å². The highest BCUT2D eigenvalue weighted by Crippen LogP contribution is 2.36. The van der Waals surface area contributed by atoms with E-state index in [-0.39, 0.29) is 6.10 Å². The fourth-order valence-electron chi connectivity index (χ4n) is 2.80. The maximum absolute atomic E-state index is 9.99. The molecule has 1 N–H and O–H groups in total. The van der Waals surface area contributed by atoms with Gasteiger partial charge in [-0.25, -0.2) is 0 Å². The molecule has 1 aliphatic carbocycles. The molecule has 0 bridgehead atoms. The molecular formula is C16H16O. The van der Waals surface area contributed by atoms with E-state index in [2.05, 4.69) is 48.5 Å². The van der Waals surface area contributed by atoms with Gasteiger partial charge in [0.1, 0.15) is 0 Å². The second-order valence-corrected chi connectivity index (χ2v) is 4.76. The summed E-state index contributed by atoms with van der Waals surface area (Å²) in [6.07, 6.45) is 1.41. The Labute approximate surface area is 102 Å². The van der Waals surface area contributed by atoms with Crippen LogP contribution in [0.5, 0.6) is 0 Å². The third-order valence-corrected chi connectivity index (χ3v) is 3.60. The molecule has 0 aliphatic heterocycles. The Kier molecular flexibility index (Phi) is 2.69. The second-order valence-electron chi connectivity index (χ2n) is 4.76. The van der Waals surface area contributed by atoms with Crippen molar-refractivity contribution in [3.05, 3.63) is 71.3 Å². The van der Waals surface area contributed by atoms with Crippen LogP contribution in [0.25, 0.3) is 0 Å².